The number of ether oxygens (including phenoxy) is 5. The van der Waals surface area contributed by atoms with Gasteiger partial charge in [-0.2, -0.15) is 0 Å². The molecule has 47 heavy (non-hydrogen) atoms. The Balaban J connectivity index is 1.31. The molecule has 2 heterocycles. The number of hydrogen-bond acceptors (Lipinski definition) is 9. The molecule has 0 saturated carbocycles. The lowest BCUT2D eigenvalue weighted by atomic mass is 9.98. The number of benzene rings is 4. The highest BCUT2D eigenvalue weighted by Crippen LogP contribution is 2.54. The van der Waals surface area contributed by atoms with Gasteiger partial charge in [-0.1, -0.05) is 121 Å². The van der Waals surface area contributed by atoms with Crippen LogP contribution in [0.15, 0.2) is 121 Å². The van der Waals surface area contributed by atoms with Crippen molar-refractivity contribution in [3.8, 4) is 0 Å². The zero-order valence-electron chi connectivity index (χ0n) is 26.2. The second-order valence-electron chi connectivity index (χ2n) is 11.4. The zero-order chi connectivity index (χ0) is 32.2. The van der Waals surface area contributed by atoms with Gasteiger partial charge in [0.25, 0.3) is 0 Å². The monoisotopic (exact) mass is 660 g/mol. The fourth-order valence-electron chi connectivity index (χ4n) is 5.47. The lowest BCUT2D eigenvalue weighted by Gasteiger charge is -2.46. The summed E-state index contributed by atoms with van der Waals surface area (Å²) in [4.78, 5) is 0. The molecule has 2 saturated heterocycles. The summed E-state index contributed by atoms with van der Waals surface area (Å²) in [5.41, 5.74) is 3.93. The first kappa shape index (κ1) is 33.7. The first-order valence-electron chi connectivity index (χ1n) is 16.0. The summed E-state index contributed by atoms with van der Waals surface area (Å²) in [5.74, 6) is 0. The van der Waals surface area contributed by atoms with Crippen molar-refractivity contribution in [3.63, 3.8) is 0 Å². The van der Waals surface area contributed by atoms with Gasteiger partial charge in [-0.3, -0.25) is 13.6 Å². The van der Waals surface area contributed by atoms with Gasteiger partial charge in [0.1, 0.15) is 24.4 Å². The van der Waals surface area contributed by atoms with Crippen LogP contribution in [0.5, 0.6) is 0 Å². The second kappa shape index (κ2) is 17.3. The van der Waals surface area contributed by atoms with Crippen LogP contribution in [0.3, 0.4) is 0 Å². The quantitative estimate of drug-likeness (QED) is 0.122. The molecule has 0 amide bonds. The van der Waals surface area contributed by atoms with E-state index in [-0.39, 0.29) is 33.0 Å². The van der Waals surface area contributed by atoms with Crippen molar-refractivity contribution in [1.29, 1.82) is 0 Å². The van der Waals surface area contributed by atoms with Gasteiger partial charge in [-0.25, -0.2) is 4.57 Å². The molecule has 2 aliphatic heterocycles. The summed E-state index contributed by atoms with van der Waals surface area (Å²) in [6.07, 6.45) is -3.48. The van der Waals surface area contributed by atoms with Crippen LogP contribution in [-0.2, 0) is 68.2 Å². The Hall–Kier alpha value is -3.21. The van der Waals surface area contributed by atoms with Crippen molar-refractivity contribution in [2.45, 2.75) is 63.6 Å². The molecule has 4 aromatic rings. The molecule has 0 aliphatic carbocycles. The van der Waals surface area contributed by atoms with Crippen LogP contribution in [-0.4, -0.2) is 50.5 Å². The summed E-state index contributed by atoms with van der Waals surface area (Å²) < 4.78 is 63.3. The molecule has 0 N–H and O–H groups in total. The molecule has 0 bridgehead atoms. The summed E-state index contributed by atoms with van der Waals surface area (Å²) in [6.45, 7) is 1.82. The predicted molar refractivity (Wildman–Crippen MR) is 175 cm³/mol. The molecule has 0 radical (unpaired) electrons. The average molecular weight is 661 g/mol. The standard InChI is InChI=1S/C37H41O9P/c38-47(43-22-13-23-44-47)46-37-36(42-27-32-20-11-4-12-21-32)35(41-26-31-18-9-3-10-19-31)34(40-25-30-16-7-2-8-17-30)33(45-37)28-39-24-29-14-5-1-6-15-29/h1-12,14-21,33-37H,13,22-28H2/t33-,34-,35+,36+,37-/m1/s1. The third-order valence-electron chi connectivity index (χ3n) is 7.86. The van der Waals surface area contributed by atoms with E-state index in [1.54, 1.807) is 0 Å². The Morgan fingerprint density at radius 2 is 0.979 bits per heavy atom. The lowest BCUT2D eigenvalue weighted by Crippen LogP contribution is -2.61. The van der Waals surface area contributed by atoms with Crippen LogP contribution >= 0.6 is 7.82 Å². The maximum absolute atomic E-state index is 13.6. The van der Waals surface area contributed by atoms with E-state index in [1.807, 2.05) is 121 Å². The van der Waals surface area contributed by atoms with Gasteiger partial charge in [-0.15, -0.1) is 0 Å². The van der Waals surface area contributed by atoms with Crippen molar-refractivity contribution >= 4 is 7.82 Å². The SMILES string of the molecule is O=P1(O[C@H]2O[C@H](COCc3ccccc3)[C@@H](OCc3ccccc3)[C@H](OCc3ccccc3)[C@@H]2OCc2ccccc2)OCCCO1. The summed E-state index contributed by atoms with van der Waals surface area (Å²) in [6, 6.07) is 39.5. The minimum Gasteiger partial charge on any atom is -0.374 e. The van der Waals surface area contributed by atoms with Gasteiger partial charge in [0.15, 0.2) is 6.29 Å². The topological polar surface area (TPSA) is 90.9 Å². The highest BCUT2D eigenvalue weighted by Gasteiger charge is 2.52. The normalized spacial score (nSPS) is 24.1. The van der Waals surface area contributed by atoms with Crippen molar-refractivity contribution in [2.75, 3.05) is 19.8 Å². The molecule has 2 aliphatic rings. The van der Waals surface area contributed by atoms with Crippen molar-refractivity contribution in [1.82, 2.24) is 0 Å². The van der Waals surface area contributed by atoms with Crippen LogP contribution in [0.25, 0.3) is 0 Å². The van der Waals surface area contributed by atoms with Gasteiger partial charge < -0.3 is 23.7 Å². The minimum atomic E-state index is -3.94. The maximum Gasteiger partial charge on any atom is 0.477 e. The van der Waals surface area contributed by atoms with E-state index in [9.17, 15) is 4.57 Å². The minimum absolute atomic E-state index is 0.150. The van der Waals surface area contributed by atoms with Crippen LogP contribution < -0.4 is 0 Å². The van der Waals surface area contributed by atoms with E-state index in [0.717, 1.165) is 22.3 Å². The van der Waals surface area contributed by atoms with Gasteiger partial charge in [-0.05, 0) is 28.7 Å². The van der Waals surface area contributed by atoms with Crippen LogP contribution in [0, 0.1) is 0 Å². The molecular formula is C37H41O9P. The molecule has 248 valence electrons. The van der Waals surface area contributed by atoms with E-state index in [2.05, 4.69) is 0 Å². The molecule has 4 aromatic carbocycles. The first-order chi connectivity index (χ1) is 23.2. The number of hydrogen-bond donors (Lipinski definition) is 0. The Labute approximate surface area is 276 Å². The van der Waals surface area contributed by atoms with E-state index in [0.29, 0.717) is 19.6 Å². The highest BCUT2D eigenvalue weighted by atomic mass is 31.2. The summed E-state index contributed by atoms with van der Waals surface area (Å²) in [7, 11) is -3.94. The van der Waals surface area contributed by atoms with Crippen molar-refractivity contribution in [3.05, 3.63) is 144 Å². The third-order valence-corrected chi connectivity index (χ3v) is 9.32. The molecule has 0 unspecified atom stereocenters. The Morgan fingerprint density at radius 1 is 0.553 bits per heavy atom. The fourth-order valence-corrected chi connectivity index (χ4v) is 6.79. The average Bonchev–Trinajstić information content (AvgIpc) is 3.12. The summed E-state index contributed by atoms with van der Waals surface area (Å²) in [5, 5.41) is 0. The Morgan fingerprint density at radius 3 is 1.47 bits per heavy atom. The van der Waals surface area contributed by atoms with E-state index >= 15 is 0 Å². The summed E-state index contributed by atoms with van der Waals surface area (Å²) >= 11 is 0. The van der Waals surface area contributed by atoms with Gasteiger partial charge >= 0.3 is 7.82 Å². The lowest BCUT2D eigenvalue weighted by molar-refractivity contribution is -0.313. The van der Waals surface area contributed by atoms with Crippen LogP contribution in [0.2, 0.25) is 0 Å². The largest absolute Gasteiger partial charge is 0.477 e. The van der Waals surface area contributed by atoms with E-state index in [4.69, 9.17) is 37.3 Å². The molecule has 2 fully saturated rings. The van der Waals surface area contributed by atoms with Crippen LogP contribution in [0.4, 0.5) is 0 Å². The smallest absolute Gasteiger partial charge is 0.374 e. The molecule has 9 nitrogen and oxygen atoms in total. The second-order valence-corrected chi connectivity index (χ2v) is 13.0. The van der Waals surface area contributed by atoms with Gasteiger partial charge in [0, 0.05) is 0 Å². The molecule has 0 spiro atoms. The third kappa shape index (κ3) is 9.90. The number of rotatable bonds is 15. The molecule has 5 atom stereocenters. The van der Waals surface area contributed by atoms with E-state index < -0.39 is 38.5 Å². The molecule has 0 aromatic heterocycles. The van der Waals surface area contributed by atoms with Gasteiger partial charge in [0.2, 0.25) is 0 Å². The first-order valence-corrected chi connectivity index (χ1v) is 17.4. The van der Waals surface area contributed by atoms with Gasteiger partial charge in [0.05, 0.1) is 46.2 Å². The Kier molecular flexibility index (Phi) is 12.4. The number of phosphoric ester groups is 1. The predicted octanol–water partition coefficient (Wildman–Crippen LogP) is 7.25. The van der Waals surface area contributed by atoms with Crippen molar-refractivity contribution < 1.29 is 41.8 Å². The van der Waals surface area contributed by atoms with Crippen LogP contribution in [0.1, 0.15) is 28.7 Å². The molecule has 10 heteroatoms. The van der Waals surface area contributed by atoms with Crippen molar-refractivity contribution in [2.24, 2.45) is 0 Å². The highest BCUT2D eigenvalue weighted by molar-refractivity contribution is 7.48. The maximum atomic E-state index is 13.6. The number of phosphoric acid groups is 1. The molecular weight excluding hydrogens is 619 g/mol. The fraction of sp³-hybridized carbons (Fsp3) is 0.351. The molecule has 6 rings (SSSR count). The van der Waals surface area contributed by atoms with E-state index in [1.165, 1.54) is 0 Å². The zero-order valence-corrected chi connectivity index (χ0v) is 27.1. The Bertz CT molecular complexity index is 1500.